The number of anilines is 1. The van der Waals surface area contributed by atoms with Crippen molar-refractivity contribution < 1.29 is 9.47 Å². The van der Waals surface area contributed by atoms with Gasteiger partial charge < -0.3 is 14.4 Å². The van der Waals surface area contributed by atoms with E-state index in [0.717, 1.165) is 41.7 Å². The molecule has 3 aromatic rings. The number of aromatic nitrogens is 1. The number of rotatable bonds is 8. The molecule has 5 nitrogen and oxygen atoms in total. The molecule has 1 aromatic heterocycles. The quantitative estimate of drug-likeness (QED) is 0.453. The molecule has 2 saturated heterocycles. The Bertz CT molecular complexity index is 976. The maximum absolute atomic E-state index is 5.95. The van der Waals surface area contributed by atoms with E-state index in [-0.39, 0.29) is 0 Å². The molecule has 0 aliphatic carbocycles. The molecule has 31 heavy (non-hydrogen) atoms. The Morgan fingerprint density at radius 1 is 1.06 bits per heavy atom. The van der Waals surface area contributed by atoms with Crippen molar-refractivity contribution in [1.82, 2.24) is 9.88 Å². The van der Waals surface area contributed by atoms with E-state index >= 15 is 0 Å². The zero-order valence-electron chi connectivity index (χ0n) is 18.4. The van der Waals surface area contributed by atoms with Crippen LogP contribution in [0.25, 0.3) is 10.2 Å². The van der Waals surface area contributed by atoms with Gasteiger partial charge in [0.15, 0.2) is 5.13 Å². The van der Waals surface area contributed by atoms with Crippen LogP contribution in [0.4, 0.5) is 5.13 Å². The maximum Gasteiger partial charge on any atom is 0.186 e. The van der Waals surface area contributed by atoms with Crippen LogP contribution in [0, 0.1) is 0 Å². The number of fused-ring (bicyclic) bond motifs is 3. The number of para-hydroxylation sites is 1. The van der Waals surface area contributed by atoms with Crippen LogP contribution < -0.4 is 14.4 Å². The van der Waals surface area contributed by atoms with Crippen LogP contribution in [0.3, 0.4) is 0 Å². The fourth-order valence-corrected chi connectivity index (χ4v) is 6.22. The second-order valence-electron chi connectivity index (χ2n) is 8.70. The van der Waals surface area contributed by atoms with E-state index in [1.54, 1.807) is 7.11 Å². The van der Waals surface area contributed by atoms with Crippen molar-refractivity contribution in [2.24, 2.45) is 0 Å². The first-order chi connectivity index (χ1) is 15.2. The standard InChI is InChI=1S/C25H31N3O2S/c1-27(25-26-23-9-3-4-10-24(23)31-25)20-15-18-11-12-19(16-20)28(18)13-6-14-30-22-8-5-7-21(17-22)29-2/h3-5,7-10,17-20H,6,11-16H2,1-2H3. The number of piperidine rings is 1. The van der Waals surface area contributed by atoms with Crippen LogP contribution in [0.15, 0.2) is 48.5 Å². The van der Waals surface area contributed by atoms with Crippen molar-refractivity contribution in [3.05, 3.63) is 48.5 Å². The van der Waals surface area contributed by atoms with Gasteiger partial charge in [0.25, 0.3) is 0 Å². The summed E-state index contributed by atoms with van der Waals surface area (Å²) in [5.41, 5.74) is 1.12. The molecule has 2 atom stereocenters. The summed E-state index contributed by atoms with van der Waals surface area (Å²) in [5.74, 6) is 1.73. The first-order valence-electron chi connectivity index (χ1n) is 11.3. The lowest BCUT2D eigenvalue weighted by Crippen LogP contribution is -2.50. The number of methoxy groups -OCH3 is 1. The molecule has 2 unspecified atom stereocenters. The molecular weight excluding hydrogens is 406 g/mol. The molecule has 2 aliphatic heterocycles. The van der Waals surface area contributed by atoms with Crippen LogP contribution in [-0.4, -0.2) is 55.3 Å². The van der Waals surface area contributed by atoms with Crippen LogP contribution >= 0.6 is 11.3 Å². The lowest BCUT2D eigenvalue weighted by Gasteiger charge is -2.42. The first kappa shape index (κ1) is 20.6. The second kappa shape index (κ2) is 9.05. The third-order valence-electron chi connectivity index (χ3n) is 6.86. The SMILES string of the molecule is COc1cccc(OCCCN2C3CCC2CC(N(C)c2nc4ccccc4s2)C3)c1. The summed E-state index contributed by atoms with van der Waals surface area (Å²) < 4.78 is 12.5. The average Bonchev–Trinajstić information content (AvgIpc) is 3.33. The highest BCUT2D eigenvalue weighted by molar-refractivity contribution is 7.22. The molecule has 0 N–H and O–H groups in total. The molecule has 3 heterocycles. The monoisotopic (exact) mass is 437 g/mol. The Kier molecular flexibility index (Phi) is 6.01. The molecule has 2 aliphatic rings. The number of hydrogen-bond donors (Lipinski definition) is 0. The third kappa shape index (κ3) is 4.37. The van der Waals surface area contributed by atoms with Crippen molar-refractivity contribution in [2.75, 3.05) is 32.2 Å². The summed E-state index contributed by atoms with van der Waals surface area (Å²) in [5, 5.41) is 1.16. The Labute approximate surface area is 188 Å². The van der Waals surface area contributed by atoms with Gasteiger partial charge in [0, 0.05) is 37.8 Å². The first-order valence-corrected chi connectivity index (χ1v) is 12.1. The lowest BCUT2D eigenvalue weighted by molar-refractivity contribution is 0.117. The van der Waals surface area contributed by atoms with Gasteiger partial charge in [0.1, 0.15) is 11.5 Å². The summed E-state index contributed by atoms with van der Waals surface area (Å²) in [6.45, 7) is 1.87. The fourth-order valence-electron chi connectivity index (χ4n) is 5.22. The topological polar surface area (TPSA) is 37.8 Å². The minimum atomic E-state index is 0.586. The molecule has 2 fully saturated rings. The molecule has 164 valence electrons. The van der Waals surface area contributed by atoms with E-state index in [0.29, 0.717) is 18.1 Å². The van der Waals surface area contributed by atoms with Crippen LogP contribution in [0.5, 0.6) is 11.5 Å². The lowest BCUT2D eigenvalue weighted by atomic mass is 9.96. The van der Waals surface area contributed by atoms with Crippen LogP contribution in [0.2, 0.25) is 0 Å². The van der Waals surface area contributed by atoms with Gasteiger partial charge in [-0.1, -0.05) is 29.5 Å². The molecule has 0 radical (unpaired) electrons. The number of benzene rings is 2. The van der Waals surface area contributed by atoms with E-state index in [9.17, 15) is 0 Å². The zero-order valence-corrected chi connectivity index (χ0v) is 19.2. The number of nitrogens with zero attached hydrogens (tertiary/aromatic N) is 3. The highest BCUT2D eigenvalue weighted by Gasteiger charge is 2.41. The van der Waals surface area contributed by atoms with Crippen molar-refractivity contribution in [3.8, 4) is 11.5 Å². The maximum atomic E-state index is 5.95. The normalized spacial score (nSPS) is 23.2. The molecule has 2 bridgehead atoms. The smallest absolute Gasteiger partial charge is 0.186 e. The van der Waals surface area contributed by atoms with E-state index in [1.165, 1.54) is 30.4 Å². The zero-order chi connectivity index (χ0) is 21.2. The minimum absolute atomic E-state index is 0.586. The van der Waals surface area contributed by atoms with Crippen LogP contribution in [0.1, 0.15) is 32.1 Å². The van der Waals surface area contributed by atoms with Crippen molar-refractivity contribution in [1.29, 1.82) is 0 Å². The summed E-state index contributed by atoms with van der Waals surface area (Å²) in [4.78, 5) is 10.1. The summed E-state index contributed by atoms with van der Waals surface area (Å²) >= 11 is 1.82. The summed E-state index contributed by atoms with van der Waals surface area (Å²) in [6, 6.07) is 18.3. The largest absolute Gasteiger partial charge is 0.497 e. The second-order valence-corrected chi connectivity index (χ2v) is 9.71. The Balaban J connectivity index is 1.14. The van der Waals surface area contributed by atoms with E-state index in [1.807, 2.05) is 35.6 Å². The van der Waals surface area contributed by atoms with Crippen molar-refractivity contribution in [2.45, 2.75) is 50.2 Å². The highest BCUT2D eigenvalue weighted by atomic mass is 32.1. The number of thiazole rings is 1. The van der Waals surface area contributed by atoms with Gasteiger partial charge in [0.2, 0.25) is 0 Å². The van der Waals surface area contributed by atoms with E-state index in [2.05, 4.69) is 41.1 Å². The molecule has 0 saturated carbocycles. The molecule has 5 rings (SSSR count). The number of ether oxygens (including phenoxy) is 2. The van der Waals surface area contributed by atoms with E-state index < -0.39 is 0 Å². The molecular formula is C25H31N3O2S. The van der Waals surface area contributed by atoms with Gasteiger partial charge in [-0.3, -0.25) is 4.90 Å². The Hall–Kier alpha value is -2.31. The van der Waals surface area contributed by atoms with E-state index in [4.69, 9.17) is 14.5 Å². The fraction of sp³-hybridized carbons (Fsp3) is 0.480. The predicted molar refractivity (Wildman–Crippen MR) is 128 cm³/mol. The van der Waals surface area contributed by atoms with Gasteiger partial charge in [-0.2, -0.15) is 0 Å². The number of hydrogen-bond acceptors (Lipinski definition) is 6. The highest BCUT2D eigenvalue weighted by Crippen LogP contribution is 2.39. The van der Waals surface area contributed by atoms with Crippen molar-refractivity contribution >= 4 is 26.7 Å². The van der Waals surface area contributed by atoms with Gasteiger partial charge in [-0.25, -0.2) is 4.98 Å². The molecule has 0 spiro atoms. The Morgan fingerprint density at radius 2 is 1.84 bits per heavy atom. The minimum Gasteiger partial charge on any atom is -0.497 e. The predicted octanol–water partition coefficient (Wildman–Crippen LogP) is 5.21. The third-order valence-corrected chi connectivity index (χ3v) is 7.99. The van der Waals surface area contributed by atoms with Gasteiger partial charge >= 0.3 is 0 Å². The van der Waals surface area contributed by atoms with Crippen molar-refractivity contribution in [3.63, 3.8) is 0 Å². The molecule has 6 heteroatoms. The molecule has 0 amide bonds. The van der Waals surface area contributed by atoms with Gasteiger partial charge in [-0.05, 0) is 56.4 Å². The van der Waals surface area contributed by atoms with Gasteiger partial charge in [-0.15, -0.1) is 0 Å². The van der Waals surface area contributed by atoms with Crippen LogP contribution in [-0.2, 0) is 0 Å². The summed E-state index contributed by atoms with van der Waals surface area (Å²) in [6.07, 6.45) is 6.18. The average molecular weight is 438 g/mol. The molecule has 2 aromatic carbocycles. The Morgan fingerprint density at radius 3 is 2.61 bits per heavy atom. The summed E-state index contributed by atoms with van der Waals surface area (Å²) in [7, 11) is 3.92. The van der Waals surface area contributed by atoms with Gasteiger partial charge in [0.05, 0.1) is 23.9 Å².